The number of carbonyl (C=O) groups is 2. The van der Waals surface area contributed by atoms with Crippen molar-refractivity contribution in [2.24, 2.45) is 0 Å². The van der Waals surface area contributed by atoms with E-state index >= 15 is 0 Å². The number of carbonyl (C=O) groups excluding carboxylic acids is 2. The summed E-state index contributed by atoms with van der Waals surface area (Å²) in [6, 6.07) is 20.9. The maximum Gasteiger partial charge on any atom is 0.332 e. The summed E-state index contributed by atoms with van der Waals surface area (Å²) >= 11 is 0. The van der Waals surface area contributed by atoms with Crippen molar-refractivity contribution in [2.45, 2.75) is 18.4 Å². The van der Waals surface area contributed by atoms with E-state index in [1.54, 1.807) is 25.0 Å². The molecule has 1 saturated heterocycles. The molecule has 34 heavy (non-hydrogen) atoms. The zero-order valence-electron chi connectivity index (χ0n) is 18.7. The van der Waals surface area contributed by atoms with Crippen LogP contribution >= 0.6 is 0 Å². The Hall–Kier alpha value is -4.13. The number of methoxy groups -OCH3 is 1. The standard InChI is InChI=1S/C27H22FN3O3/c1-27-24-23(17-10-3-6-12-20(17)29-24)18(16-9-4-8-14-22(16)34-2)15-30(27)26(33)31(25(27)32)21-13-7-5-11-19(21)28/h3-14,18,29H,15H2,1-2H3/t18-,27+/m1/s1. The molecule has 7 heteroatoms. The van der Waals surface area contributed by atoms with Gasteiger partial charge in [-0.2, -0.15) is 0 Å². The molecule has 0 unspecified atom stereocenters. The van der Waals surface area contributed by atoms with E-state index in [4.69, 9.17) is 4.74 Å². The van der Waals surface area contributed by atoms with Crippen LogP contribution in [0.25, 0.3) is 10.9 Å². The van der Waals surface area contributed by atoms with Crippen LogP contribution in [0.4, 0.5) is 14.9 Å². The Morgan fingerprint density at radius 2 is 1.71 bits per heavy atom. The number of aromatic nitrogens is 1. The molecular weight excluding hydrogens is 433 g/mol. The molecule has 0 bridgehead atoms. The van der Waals surface area contributed by atoms with Crippen molar-refractivity contribution >= 4 is 28.5 Å². The Labute approximate surface area is 195 Å². The Morgan fingerprint density at radius 1 is 1.00 bits per heavy atom. The van der Waals surface area contributed by atoms with Gasteiger partial charge in [-0.15, -0.1) is 0 Å². The van der Waals surface area contributed by atoms with Crippen LogP contribution < -0.4 is 9.64 Å². The molecule has 2 aliphatic heterocycles. The fraction of sp³-hybridized carbons (Fsp3) is 0.185. The number of halogens is 1. The van der Waals surface area contributed by atoms with E-state index in [-0.39, 0.29) is 18.2 Å². The van der Waals surface area contributed by atoms with Crippen LogP contribution in [0.15, 0.2) is 72.8 Å². The lowest BCUT2D eigenvalue weighted by Gasteiger charge is -2.40. The van der Waals surface area contributed by atoms with E-state index in [0.717, 1.165) is 26.9 Å². The first-order chi connectivity index (χ1) is 16.5. The molecule has 0 spiro atoms. The SMILES string of the molecule is COc1ccccc1[C@H]1CN2C(=O)N(c3ccccc3F)C(=O)[C@]2(C)c2[nH]c3ccccc3c21. The Bertz CT molecular complexity index is 1480. The van der Waals surface area contributed by atoms with Crippen LogP contribution in [-0.2, 0) is 10.3 Å². The number of imide groups is 1. The molecule has 3 aromatic carbocycles. The number of urea groups is 1. The van der Waals surface area contributed by atoms with E-state index in [1.807, 2.05) is 48.5 Å². The number of para-hydroxylation sites is 3. The largest absolute Gasteiger partial charge is 0.496 e. The van der Waals surface area contributed by atoms with E-state index in [2.05, 4.69) is 4.98 Å². The van der Waals surface area contributed by atoms with Gasteiger partial charge >= 0.3 is 6.03 Å². The number of fused-ring (bicyclic) bond motifs is 5. The minimum atomic E-state index is -1.30. The van der Waals surface area contributed by atoms with Crippen LogP contribution in [0.2, 0.25) is 0 Å². The molecule has 0 saturated carbocycles. The second-order valence-electron chi connectivity index (χ2n) is 8.81. The number of rotatable bonds is 3. The Kier molecular flexibility index (Phi) is 4.33. The van der Waals surface area contributed by atoms with Crippen molar-refractivity contribution < 1.29 is 18.7 Å². The van der Waals surface area contributed by atoms with Crippen LogP contribution in [-0.4, -0.2) is 35.5 Å². The topological polar surface area (TPSA) is 65.6 Å². The quantitative estimate of drug-likeness (QED) is 0.435. The number of H-pyrrole nitrogens is 1. The number of benzene rings is 3. The van der Waals surface area contributed by atoms with Gasteiger partial charge < -0.3 is 14.6 Å². The minimum absolute atomic E-state index is 0.0420. The Morgan fingerprint density at radius 3 is 2.50 bits per heavy atom. The van der Waals surface area contributed by atoms with Crippen molar-refractivity contribution in [3.63, 3.8) is 0 Å². The monoisotopic (exact) mass is 455 g/mol. The van der Waals surface area contributed by atoms with Crippen LogP contribution in [0.3, 0.4) is 0 Å². The fourth-order valence-electron chi connectivity index (χ4n) is 5.47. The van der Waals surface area contributed by atoms with Crippen molar-refractivity contribution in [3.05, 3.63) is 95.4 Å². The molecule has 2 atom stereocenters. The van der Waals surface area contributed by atoms with E-state index in [0.29, 0.717) is 11.4 Å². The smallest absolute Gasteiger partial charge is 0.332 e. The summed E-state index contributed by atoms with van der Waals surface area (Å²) in [5, 5.41) is 0.985. The van der Waals surface area contributed by atoms with E-state index < -0.39 is 23.3 Å². The van der Waals surface area contributed by atoms with Crippen LogP contribution in [0.5, 0.6) is 5.75 Å². The van der Waals surface area contributed by atoms with Crippen molar-refractivity contribution in [3.8, 4) is 5.75 Å². The minimum Gasteiger partial charge on any atom is -0.496 e. The third-order valence-corrected chi connectivity index (χ3v) is 7.14. The second-order valence-corrected chi connectivity index (χ2v) is 8.81. The summed E-state index contributed by atoms with van der Waals surface area (Å²) in [4.78, 5) is 33.5. The number of amides is 3. The normalized spacial score (nSPS) is 21.7. The van der Waals surface area contributed by atoms with Gasteiger partial charge in [-0.3, -0.25) is 4.79 Å². The molecule has 3 heterocycles. The van der Waals surface area contributed by atoms with Crippen molar-refractivity contribution in [1.82, 2.24) is 9.88 Å². The molecule has 0 radical (unpaired) electrons. The summed E-state index contributed by atoms with van der Waals surface area (Å²) in [6.07, 6.45) is 0. The predicted molar refractivity (Wildman–Crippen MR) is 126 cm³/mol. The third-order valence-electron chi connectivity index (χ3n) is 7.14. The van der Waals surface area contributed by atoms with Gasteiger partial charge in [0.05, 0.1) is 18.5 Å². The van der Waals surface area contributed by atoms with Gasteiger partial charge in [0.2, 0.25) is 0 Å². The van der Waals surface area contributed by atoms with Crippen LogP contribution in [0, 0.1) is 5.82 Å². The van der Waals surface area contributed by atoms with Gasteiger partial charge in [0.15, 0.2) is 5.54 Å². The van der Waals surface area contributed by atoms with Gasteiger partial charge in [0.25, 0.3) is 5.91 Å². The summed E-state index contributed by atoms with van der Waals surface area (Å²) in [7, 11) is 1.62. The highest BCUT2D eigenvalue weighted by Gasteiger charge is 2.61. The summed E-state index contributed by atoms with van der Waals surface area (Å²) < 4.78 is 20.4. The van der Waals surface area contributed by atoms with Gasteiger partial charge in [0.1, 0.15) is 11.6 Å². The highest BCUT2D eigenvalue weighted by atomic mass is 19.1. The number of anilines is 1. The molecule has 3 amide bonds. The average molecular weight is 455 g/mol. The highest BCUT2D eigenvalue weighted by molar-refractivity contribution is 6.23. The summed E-state index contributed by atoms with van der Waals surface area (Å²) in [5.41, 5.74) is 2.05. The first-order valence-electron chi connectivity index (χ1n) is 11.1. The highest BCUT2D eigenvalue weighted by Crippen LogP contribution is 2.51. The molecule has 0 aliphatic carbocycles. The first-order valence-corrected chi connectivity index (χ1v) is 11.1. The molecule has 6 rings (SSSR count). The lowest BCUT2D eigenvalue weighted by molar-refractivity contribution is -0.125. The van der Waals surface area contributed by atoms with E-state index in [1.165, 1.54) is 18.2 Å². The number of nitrogens with zero attached hydrogens (tertiary/aromatic N) is 2. The predicted octanol–water partition coefficient (Wildman–Crippen LogP) is 5.15. The first kappa shape index (κ1) is 20.5. The maximum atomic E-state index is 14.7. The maximum absolute atomic E-state index is 14.7. The number of nitrogens with one attached hydrogen (secondary N) is 1. The van der Waals surface area contributed by atoms with Crippen molar-refractivity contribution in [2.75, 3.05) is 18.6 Å². The molecule has 2 aliphatic rings. The molecular formula is C27H22FN3O3. The van der Waals surface area contributed by atoms with Crippen LogP contribution in [0.1, 0.15) is 29.7 Å². The molecule has 1 fully saturated rings. The average Bonchev–Trinajstić information content (AvgIpc) is 3.34. The molecule has 1 aromatic heterocycles. The molecule has 4 aromatic rings. The van der Waals surface area contributed by atoms with Crippen molar-refractivity contribution in [1.29, 1.82) is 0 Å². The molecule has 170 valence electrons. The fourth-order valence-corrected chi connectivity index (χ4v) is 5.47. The van der Waals surface area contributed by atoms with Gasteiger partial charge in [0, 0.05) is 28.9 Å². The van der Waals surface area contributed by atoms with Gasteiger partial charge in [-0.05, 0) is 36.8 Å². The number of hydrogen-bond acceptors (Lipinski definition) is 3. The third kappa shape index (κ3) is 2.55. The summed E-state index contributed by atoms with van der Waals surface area (Å²) in [6.45, 7) is 1.99. The second kappa shape index (κ2) is 7.18. The Balaban J connectivity index is 1.62. The summed E-state index contributed by atoms with van der Waals surface area (Å²) in [5.74, 6) is -0.636. The van der Waals surface area contributed by atoms with Gasteiger partial charge in [-0.25, -0.2) is 14.1 Å². The zero-order chi connectivity index (χ0) is 23.6. The number of hydrogen-bond donors (Lipinski definition) is 1. The lowest BCUT2D eigenvalue weighted by Crippen LogP contribution is -2.50. The lowest BCUT2D eigenvalue weighted by atomic mass is 9.78. The molecule has 1 N–H and O–H groups in total. The van der Waals surface area contributed by atoms with Gasteiger partial charge in [-0.1, -0.05) is 48.5 Å². The number of aromatic amines is 1. The van der Waals surface area contributed by atoms with E-state index in [9.17, 15) is 14.0 Å². The zero-order valence-corrected chi connectivity index (χ0v) is 18.7. The number of ether oxygens (including phenoxy) is 1. The molecule has 6 nitrogen and oxygen atoms in total.